The van der Waals surface area contributed by atoms with Gasteiger partial charge in [0.05, 0.1) is 17.8 Å². The van der Waals surface area contributed by atoms with Crippen molar-refractivity contribution < 1.29 is 23.8 Å². The third kappa shape index (κ3) is 3.12. The molecule has 2 aromatic rings. The number of benzene rings is 1. The number of hydrogen-bond donors (Lipinski definition) is 1. The van der Waals surface area contributed by atoms with E-state index in [1.165, 1.54) is 5.57 Å². The van der Waals surface area contributed by atoms with E-state index >= 15 is 0 Å². The van der Waals surface area contributed by atoms with Crippen molar-refractivity contribution in [1.82, 2.24) is 0 Å². The normalized spacial score (nSPS) is 23.9. The Morgan fingerprint density at radius 3 is 2.93 bits per heavy atom. The molecular weight excluding hydrogens is 356 g/mol. The van der Waals surface area contributed by atoms with E-state index in [2.05, 4.69) is 26.8 Å². The molecule has 28 heavy (non-hydrogen) atoms. The first-order valence-corrected chi connectivity index (χ1v) is 10.0. The number of ether oxygens (including phenoxy) is 2. The molecule has 5 nitrogen and oxygen atoms in total. The van der Waals surface area contributed by atoms with Gasteiger partial charge in [0.15, 0.2) is 5.58 Å². The molecule has 0 radical (unpaired) electrons. The monoisotopic (exact) mass is 384 g/mol. The summed E-state index contributed by atoms with van der Waals surface area (Å²) in [6, 6.07) is 1.94. The number of hydrogen-bond acceptors (Lipinski definition) is 5. The van der Waals surface area contributed by atoms with Crippen LogP contribution in [0.1, 0.15) is 80.8 Å². The van der Waals surface area contributed by atoms with Crippen LogP contribution in [0.5, 0.6) is 5.75 Å². The third-order valence-corrected chi connectivity index (χ3v) is 6.00. The van der Waals surface area contributed by atoms with Gasteiger partial charge in [-0.1, -0.05) is 11.6 Å². The maximum Gasteiger partial charge on any atom is 0.342 e. The van der Waals surface area contributed by atoms with Crippen molar-refractivity contribution in [3.05, 3.63) is 40.7 Å². The van der Waals surface area contributed by atoms with Crippen LogP contribution < -0.4 is 4.74 Å². The Kier molecular flexibility index (Phi) is 4.74. The molecule has 0 saturated heterocycles. The van der Waals surface area contributed by atoms with Gasteiger partial charge in [0.2, 0.25) is 0 Å². The van der Waals surface area contributed by atoms with Gasteiger partial charge >= 0.3 is 5.97 Å². The number of carbonyl (C=O) groups is 1. The molecule has 0 saturated carbocycles. The highest BCUT2D eigenvalue weighted by Gasteiger charge is 2.44. The van der Waals surface area contributed by atoms with E-state index in [4.69, 9.17) is 13.9 Å². The van der Waals surface area contributed by atoms with Gasteiger partial charge < -0.3 is 19.0 Å². The lowest BCUT2D eigenvalue weighted by molar-refractivity contribution is 0.0368. The average Bonchev–Trinajstić information content (AvgIpc) is 3.19. The van der Waals surface area contributed by atoms with Gasteiger partial charge in [0, 0.05) is 17.0 Å². The predicted octanol–water partition coefficient (Wildman–Crippen LogP) is 5.25. The van der Waals surface area contributed by atoms with E-state index in [0.717, 1.165) is 41.5 Å². The second-order valence-electron chi connectivity index (χ2n) is 8.59. The quantitative estimate of drug-likeness (QED) is 0.544. The number of carbonyl (C=O) groups excluding carboxylic acids is 1. The first kappa shape index (κ1) is 19.1. The van der Waals surface area contributed by atoms with Gasteiger partial charge in [-0.25, -0.2) is 4.79 Å². The first-order valence-electron chi connectivity index (χ1n) is 10.0. The molecule has 1 aromatic heterocycles. The highest BCUT2D eigenvalue weighted by atomic mass is 16.5. The van der Waals surface area contributed by atoms with Crippen LogP contribution in [0.2, 0.25) is 0 Å². The fraction of sp³-hybridized carbons (Fsp3) is 0.522. The van der Waals surface area contributed by atoms with Crippen LogP contribution in [0.4, 0.5) is 0 Å². The Balaban J connectivity index is 1.79. The molecule has 3 atom stereocenters. The molecule has 0 amide bonds. The summed E-state index contributed by atoms with van der Waals surface area (Å²) in [5, 5.41) is 10.8. The van der Waals surface area contributed by atoms with Gasteiger partial charge in [-0.15, -0.1) is 0 Å². The van der Waals surface area contributed by atoms with Gasteiger partial charge in [-0.05, 0) is 59.4 Å². The summed E-state index contributed by atoms with van der Waals surface area (Å²) in [4.78, 5) is 12.2. The fourth-order valence-corrected chi connectivity index (χ4v) is 4.54. The first-order chi connectivity index (χ1) is 13.3. The van der Waals surface area contributed by atoms with Gasteiger partial charge in [0.25, 0.3) is 0 Å². The number of furan rings is 1. The van der Waals surface area contributed by atoms with Crippen molar-refractivity contribution in [3.8, 4) is 5.75 Å². The van der Waals surface area contributed by atoms with Crippen LogP contribution in [-0.4, -0.2) is 22.8 Å². The van der Waals surface area contributed by atoms with Crippen LogP contribution in [0.3, 0.4) is 0 Å². The smallest absolute Gasteiger partial charge is 0.342 e. The molecule has 5 heteroatoms. The summed E-state index contributed by atoms with van der Waals surface area (Å²) in [7, 11) is 0. The molecule has 0 fully saturated rings. The van der Waals surface area contributed by atoms with Crippen molar-refractivity contribution >= 4 is 16.9 Å². The Labute approximate surface area is 165 Å². The van der Waals surface area contributed by atoms with Crippen LogP contribution >= 0.6 is 0 Å². The number of allylic oxidation sites excluding steroid dienone is 2. The fourth-order valence-electron chi connectivity index (χ4n) is 4.54. The highest BCUT2D eigenvalue weighted by Crippen LogP contribution is 2.51. The molecule has 4 rings (SSSR count). The summed E-state index contributed by atoms with van der Waals surface area (Å²) >= 11 is 0. The molecule has 3 heterocycles. The largest absolute Gasteiger partial charge is 0.486 e. The lowest BCUT2D eigenvalue weighted by Crippen LogP contribution is -2.41. The summed E-state index contributed by atoms with van der Waals surface area (Å²) < 4.78 is 17.7. The number of cyclic esters (lactones) is 1. The van der Waals surface area contributed by atoms with Crippen LogP contribution in [0, 0.1) is 0 Å². The van der Waals surface area contributed by atoms with Crippen molar-refractivity contribution in [2.45, 2.75) is 77.6 Å². The molecule has 0 spiro atoms. The van der Waals surface area contributed by atoms with Gasteiger partial charge in [-0.3, -0.25) is 0 Å². The van der Waals surface area contributed by atoms with Crippen LogP contribution in [0.15, 0.2) is 28.4 Å². The van der Waals surface area contributed by atoms with E-state index in [1.807, 2.05) is 13.0 Å². The van der Waals surface area contributed by atoms with Crippen molar-refractivity contribution in [3.63, 3.8) is 0 Å². The molecule has 2 aliphatic rings. The highest BCUT2D eigenvalue weighted by molar-refractivity contribution is 6.08. The zero-order valence-corrected chi connectivity index (χ0v) is 17.0. The lowest BCUT2D eigenvalue weighted by atomic mass is 9.75. The number of aliphatic hydroxyl groups excluding tert-OH is 1. The minimum absolute atomic E-state index is 0.0804. The Morgan fingerprint density at radius 1 is 1.43 bits per heavy atom. The summed E-state index contributed by atoms with van der Waals surface area (Å²) in [6.45, 7) is 8.42. The minimum Gasteiger partial charge on any atom is -0.486 e. The predicted molar refractivity (Wildman–Crippen MR) is 107 cm³/mol. The molecule has 150 valence electrons. The van der Waals surface area contributed by atoms with E-state index < -0.39 is 5.60 Å². The van der Waals surface area contributed by atoms with Crippen molar-refractivity contribution in [2.75, 3.05) is 0 Å². The number of esters is 1. The Hall–Kier alpha value is -2.27. The number of rotatable bonds is 6. The summed E-state index contributed by atoms with van der Waals surface area (Å²) in [5.74, 6) is 0.514. The lowest BCUT2D eigenvalue weighted by Gasteiger charge is -2.41. The third-order valence-electron chi connectivity index (χ3n) is 6.00. The van der Waals surface area contributed by atoms with Gasteiger partial charge in [0.1, 0.15) is 23.5 Å². The number of fused-ring (bicyclic) bond motifs is 2. The maximum atomic E-state index is 12.2. The second kappa shape index (κ2) is 6.96. The summed E-state index contributed by atoms with van der Waals surface area (Å²) in [6.07, 6.45) is 6.89. The standard InChI is InChI=1S/C23H28O5/c1-13(2)6-5-9-23(4)17(8-7-14(3)24)16-12-26-21-19-15(11-27-22(19)25)10-18(28-23)20(16)21/h6,10,12,14,17,24H,5,7-9,11H2,1-4H3. The SMILES string of the molecule is CC(C)=CCCC1(C)Oc2cc3c(c4occ(c24)C1CCC(C)O)C(=O)OC3. The number of aliphatic hydroxyl groups is 1. The van der Waals surface area contributed by atoms with E-state index in [0.29, 0.717) is 17.6 Å². The van der Waals surface area contributed by atoms with Crippen molar-refractivity contribution in [2.24, 2.45) is 0 Å². The Morgan fingerprint density at radius 2 is 2.21 bits per heavy atom. The Bertz CT molecular complexity index is 948. The molecule has 0 bridgehead atoms. The van der Waals surface area contributed by atoms with Crippen LogP contribution in [0.25, 0.3) is 11.0 Å². The molecule has 1 aromatic carbocycles. The van der Waals surface area contributed by atoms with Crippen molar-refractivity contribution in [1.29, 1.82) is 0 Å². The molecule has 3 unspecified atom stereocenters. The zero-order chi connectivity index (χ0) is 20.1. The molecule has 2 aliphatic heterocycles. The van der Waals surface area contributed by atoms with Gasteiger partial charge in [-0.2, -0.15) is 0 Å². The molecule has 1 N–H and O–H groups in total. The van der Waals surface area contributed by atoms with E-state index in [-0.39, 0.29) is 24.6 Å². The topological polar surface area (TPSA) is 68.9 Å². The summed E-state index contributed by atoms with van der Waals surface area (Å²) in [5.41, 5.74) is 3.86. The second-order valence-corrected chi connectivity index (χ2v) is 8.59. The molecule has 0 aliphatic carbocycles. The zero-order valence-electron chi connectivity index (χ0n) is 17.0. The minimum atomic E-state index is -0.414. The average molecular weight is 384 g/mol. The van der Waals surface area contributed by atoms with E-state index in [9.17, 15) is 9.90 Å². The maximum absolute atomic E-state index is 12.2. The molecular formula is C23H28O5. The van der Waals surface area contributed by atoms with Crippen LogP contribution in [-0.2, 0) is 11.3 Å². The van der Waals surface area contributed by atoms with E-state index in [1.54, 1.807) is 6.26 Å².